The number of oxime groups is 1. The summed E-state index contributed by atoms with van der Waals surface area (Å²) in [6.07, 6.45) is 1.81. The third-order valence-electron chi connectivity index (χ3n) is 4.45. The van der Waals surface area contributed by atoms with Gasteiger partial charge in [-0.2, -0.15) is 11.8 Å². The van der Waals surface area contributed by atoms with Crippen LogP contribution in [0.4, 0.5) is 5.13 Å². The number of carboxylic acids is 1. The van der Waals surface area contributed by atoms with Gasteiger partial charge in [-0.05, 0) is 6.26 Å². The van der Waals surface area contributed by atoms with Crippen LogP contribution in [0.25, 0.3) is 0 Å². The predicted octanol–water partition coefficient (Wildman–Crippen LogP) is -4.42. The largest absolute Gasteiger partial charge is 1.00 e. The maximum atomic E-state index is 12.6. The number of nitrogen functional groups attached to an aromatic ring is 1. The zero-order chi connectivity index (χ0) is 20.5. The van der Waals surface area contributed by atoms with Crippen molar-refractivity contribution in [3.05, 3.63) is 11.1 Å². The van der Waals surface area contributed by atoms with Gasteiger partial charge in [0.2, 0.25) is 5.91 Å². The van der Waals surface area contributed by atoms with Crippen molar-refractivity contribution in [2.24, 2.45) is 10.6 Å². The molecule has 2 aliphatic rings. The van der Waals surface area contributed by atoms with Crippen molar-refractivity contribution in [2.45, 2.75) is 11.4 Å². The molecule has 2 aliphatic heterocycles. The van der Waals surface area contributed by atoms with Crippen molar-refractivity contribution in [3.8, 4) is 0 Å². The average Bonchev–Trinajstić information content (AvgIpc) is 3.09. The Labute approximate surface area is 201 Å². The summed E-state index contributed by atoms with van der Waals surface area (Å²) in [5.74, 6) is -1.47. The number of thiazole rings is 1. The van der Waals surface area contributed by atoms with Gasteiger partial charge < -0.3 is 30.7 Å². The minimum absolute atomic E-state index is 0. The molecule has 0 radical (unpaired) electrons. The van der Waals surface area contributed by atoms with Crippen molar-refractivity contribution in [1.29, 1.82) is 0 Å². The zero-order valence-corrected chi connectivity index (χ0v) is 20.5. The van der Waals surface area contributed by atoms with Gasteiger partial charge in [-0.25, -0.2) is 4.98 Å². The molecule has 1 aromatic heterocycles. The first-order valence-corrected chi connectivity index (χ1v) is 11.4. The number of fused-ring (bicyclic) bond motifs is 1. The van der Waals surface area contributed by atoms with E-state index >= 15 is 0 Å². The van der Waals surface area contributed by atoms with Crippen LogP contribution in [0.1, 0.15) is 5.69 Å². The van der Waals surface area contributed by atoms with Gasteiger partial charge in [-0.3, -0.25) is 9.59 Å². The Kier molecular flexibility index (Phi) is 8.27. The Morgan fingerprint density at radius 3 is 2.86 bits per heavy atom. The summed E-state index contributed by atoms with van der Waals surface area (Å²) >= 11 is 3.86. The molecule has 3 N–H and O–H groups in total. The number of aromatic nitrogens is 1. The van der Waals surface area contributed by atoms with E-state index in [1.807, 2.05) is 6.26 Å². The molecule has 10 nitrogen and oxygen atoms in total. The van der Waals surface area contributed by atoms with E-state index in [9.17, 15) is 19.5 Å². The van der Waals surface area contributed by atoms with Gasteiger partial charge in [-0.15, -0.1) is 23.1 Å². The Morgan fingerprint density at radius 2 is 2.31 bits per heavy atom. The summed E-state index contributed by atoms with van der Waals surface area (Å²) in [4.78, 5) is 47.0. The van der Waals surface area contributed by atoms with E-state index in [0.717, 1.165) is 11.3 Å². The summed E-state index contributed by atoms with van der Waals surface area (Å²) < 4.78 is 0. The number of hydrogen-bond acceptors (Lipinski definition) is 11. The molecule has 0 saturated carbocycles. The Morgan fingerprint density at radius 1 is 1.59 bits per heavy atom. The first-order chi connectivity index (χ1) is 13.3. The van der Waals surface area contributed by atoms with Crippen LogP contribution in [-0.4, -0.2) is 76.2 Å². The number of carbonyl (C=O) groups excluding carboxylic acids is 3. The topological polar surface area (TPSA) is 150 Å². The van der Waals surface area contributed by atoms with E-state index in [1.54, 1.807) is 5.38 Å². The van der Waals surface area contributed by atoms with Crippen molar-refractivity contribution in [2.75, 3.05) is 37.1 Å². The van der Waals surface area contributed by atoms with Gasteiger partial charge in [0.05, 0.1) is 5.97 Å². The molecular weight excluding hydrogens is 449 g/mol. The monoisotopic (exact) mass is 467 g/mol. The number of rotatable bonds is 7. The summed E-state index contributed by atoms with van der Waals surface area (Å²) in [7, 11) is 1.29. The van der Waals surface area contributed by atoms with Crippen LogP contribution < -0.4 is 45.7 Å². The van der Waals surface area contributed by atoms with Gasteiger partial charge in [0.15, 0.2) is 10.8 Å². The molecule has 0 aromatic carbocycles. The molecule has 2 amide bonds. The fourth-order valence-electron chi connectivity index (χ4n) is 3.08. The molecule has 2 saturated heterocycles. The second-order valence-corrected chi connectivity index (χ2v) is 9.17. The smallest absolute Gasteiger partial charge is 0.549 e. The summed E-state index contributed by atoms with van der Waals surface area (Å²) in [5, 5.41) is 19.5. The predicted molar refractivity (Wildman–Crippen MR) is 106 cm³/mol. The van der Waals surface area contributed by atoms with E-state index < -0.39 is 23.3 Å². The Bertz CT molecular complexity index is 837. The molecule has 0 aliphatic carbocycles. The number of nitrogens with zero attached hydrogens (tertiary/aromatic N) is 3. The molecule has 2 unspecified atom stereocenters. The molecule has 0 bridgehead atoms. The first-order valence-electron chi connectivity index (χ1n) is 8.09. The number of carboxylic acid groups (broad SMARTS) is 1. The van der Waals surface area contributed by atoms with Crippen LogP contribution in [0, 0.1) is 5.41 Å². The molecule has 152 valence electrons. The minimum Gasteiger partial charge on any atom is -0.549 e. The quantitative estimate of drug-likeness (QED) is 0.175. The number of hydrogen-bond donors (Lipinski definition) is 2. The summed E-state index contributed by atoms with van der Waals surface area (Å²) in [5.41, 5.74) is 4.66. The number of nitrogens with two attached hydrogens (primary N) is 1. The molecule has 0 spiro atoms. The fourth-order valence-corrected chi connectivity index (χ4v) is 6.15. The van der Waals surface area contributed by atoms with Gasteiger partial charge in [0, 0.05) is 28.8 Å². The third-order valence-corrected chi connectivity index (χ3v) is 7.55. The van der Waals surface area contributed by atoms with E-state index in [2.05, 4.69) is 15.5 Å². The second kappa shape index (κ2) is 9.88. The number of thioether (sulfide) groups is 2. The van der Waals surface area contributed by atoms with Crippen molar-refractivity contribution in [1.82, 2.24) is 15.2 Å². The summed E-state index contributed by atoms with van der Waals surface area (Å²) in [6, 6.07) is -0.774. The number of β-lactam (4-membered cyclic amide) rings is 1. The van der Waals surface area contributed by atoms with Crippen molar-refractivity contribution >= 4 is 63.5 Å². The second-order valence-electron chi connectivity index (χ2n) is 6.31. The standard InChI is InChI=1S/C15H19N5O5S3.Na/c1-25-19-8(7-3-27-14(16)17-7)10(21)18-9-11(22)20-4-15(5-26-2,13(23)24)6-28-12(9)20;/h3,9,12H,4-6H2,1-2H3,(H2,16,17)(H,18,21)(H,23,24);/q;+1/p-1/t9?,12-,15?;/m1./s1. The molecule has 3 rings (SSSR count). The normalized spacial score (nSPS) is 26.1. The molecule has 29 heavy (non-hydrogen) atoms. The molecule has 1 aromatic rings. The van der Waals surface area contributed by atoms with Crippen LogP contribution >= 0.6 is 34.9 Å². The van der Waals surface area contributed by atoms with E-state index in [4.69, 9.17) is 10.6 Å². The van der Waals surface area contributed by atoms with E-state index in [1.165, 1.54) is 35.5 Å². The number of nitrogens with one attached hydrogen (secondary N) is 1. The average molecular weight is 468 g/mol. The van der Waals surface area contributed by atoms with Gasteiger partial charge >= 0.3 is 29.6 Å². The van der Waals surface area contributed by atoms with Gasteiger partial charge in [-0.1, -0.05) is 5.16 Å². The third kappa shape index (κ3) is 4.69. The number of amides is 2. The molecule has 2 fully saturated rings. The molecule has 3 atom stereocenters. The van der Waals surface area contributed by atoms with Crippen molar-refractivity contribution in [3.63, 3.8) is 0 Å². The maximum Gasteiger partial charge on any atom is 1.00 e. The number of anilines is 1. The Hall–Kier alpha value is -0.990. The Balaban J connectivity index is 0.00000300. The van der Waals surface area contributed by atoms with E-state index in [-0.39, 0.29) is 63.9 Å². The van der Waals surface area contributed by atoms with Crippen molar-refractivity contribution < 1.29 is 53.9 Å². The minimum atomic E-state index is -1.16. The maximum absolute atomic E-state index is 12.6. The zero-order valence-electron chi connectivity index (χ0n) is 16.0. The summed E-state index contributed by atoms with van der Waals surface area (Å²) in [6.45, 7) is 0.0701. The van der Waals surface area contributed by atoms with Crippen LogP contribution in [0.15, 0.2) is 10.5 Å². The van der Waals surface area contributed by atoms with Gasteiger partial charge in [0.1, 0.15) is 24.2 Å². The number of carbonyl (C=O) groups is 3. The van der Waals surface area contributed by atoms with Crippen LogP contribution in [-0.2, 0) is 19.2 Å². The molecule has 3 heterocycles. The van der Waals surface area contributed by atoms with Crippen LogP contribution in [0.2, 0.25) is 0 Å². The molecular formula is C15H18N5NaO5S3. The SMILES string of the molecule is CON=C(C(=O)NC1C(=O)N2CC(CSC)(C(=O)[O-])CS[C@H]12)c1csc(N)n1.[Na+]. The fraction of sp³-hybridized carbons (Fsp3) is 0.533. The molecule has 14 heteroatoms. The van der Waals surface area contributed by atoms with Crippen LogP contribution in [0.3, 0.4) is 0 Å². The first kappa shape index (κ1) is 24.3. The van der Waals surface area contributed by atoms with E-state index in [0.29, 0.717) is 11.5 Å². The van der Waals surface area contributed by atoms with Crippen LogP contribution in [0.5, 0.6) is 0 Å². The number of aliphatic carboxylic acids is 1. The van der Waals surface area contributed by atoms with Gasteiger partial charge in [0.25, 0.3) is 5.91 Å².